The lowest BCUT2D eigenvalue weighted by molar-refractivity contribution is 0.0649. The third-order valence-corrected chi connectivity index (χ3v) is 3.95. The molecule has 2 aliphatic rings. The molecule has 1 saturated carbocycles. The number of aromatic nitrogens is 1. The van der Waals surface area contributed by atoms with Crippen molar-refractivity contribution in [3.8, 4) is 0 Å². The summed E-state index contributed by atoms with van der Waals surface area (Å²) in [5.74, 6) is -0.502. The summed E-state index contributed by atoms with van der Waals surface area (Å²) in [6.07, 6.45) is 3.63. The summed E-state index contributed by atoms with van der Waals surface area (Å²) in [6.45, 7) is 1.53. The van der Waals surface area contributed by atoms with Crippen molar-refractivity contribution in [1.82, 2.24) is 10.1 Å². The Balaban J connectivity index is 1.72. The zero-order chi connectivity index (χ0) is 12.7. The van der Waals surface area contributed by atoms with Gasteiger partial charge in [-0.3, -0.25) is 4.79 Å². The molecule has 0 spiro atoms. The second kappa shape index (κ2) is 4.12. The maximum absolute atomic E-state index is 12.1. The fraction of sp³-hybridized carbons (Fsp3) is 0.583. The van der Waals surface area contributed by atoms with Crippen molar-refractivity contribution in [3.63, 3.8) is 0 Å². The number of amides is 1. The topological polar surface area (TPSA) is 83.6 Å². The van der Waals surface area contributed by atoms with Crippen LogP contribution in [0.5, 0.6) is 0 Å². The molecule has 18 heavy (non-hydrogen) atoms. The Hall–Kier alpha value is -1.85. The van der Waals surface area contributed by atoms with Crippen LogP contribution >= 0.6 is 0 Å². The van der Waals surface area contributed by atoms with E-state index in [9.17, 15) is 9.59 Å². The Morgan fingerprint density at radius 2 is 2.00 bits per heavy atom. The van der Waals surface area contributed by atoms with E-state index in [-0.39, 0.29) is 17.4 Å². The molecule has 1 N–H and O–H groups in total. The lowest BCUT2D eigenvalue weighted by Crippen LogP contribution is -2.29. The predicted molar refractivity (Wildman–Crippen MR) is 60.2 cm³/mol. The first-order valence-corrected chi connectivity index (χ1v) is 6.14. The molecular formula is C12H14N2O4. The van der Waals surface area contributed by atoms with Crippen molar-refractivity contribution in [2.24, 2.45) is 11.8 Å². The van der Waals surface area contributed by atoms with Crippen molar-refractivity contribution in [3.05, 3.63) is 17.5 Å². The SMILES string of the molecule is O=C(O)c1cc(C(=O)N2CC3CCCC3C2)no1. The van der Waals surface area contributed by atoms with Crippen LogP contribution in [-0.4, -0.2) is 40.1 Å². The number of carbonyl (C=O) groups is 2. The third-order valence-electron chi connectivity index (χ3n) is 3.95. The van der Waals surface area contributed by atoms with Gasteiger partial charge in [-0.05, 0) is 24.7 Å². The number of hydrogen-bond donors (Lipinski definition) is 1. The smallest absolute Gasteiger partial charge is 0.374 e. The van der Waals surface area contributed by atoms with E-state index in [1.807, 2.05) is 0 Å². The van der Waals surface area contributed by atoms with Crippen molar-refractivity contribution in [2.45, 2.75) is 19.3 Å². The minimum atomic E-state index is -1.21. The van der Waals surface area contributed by atoms with E-state index in [1.54, 1.807) is 4.90 Å². The third kappa shape index (κ3) is 1.77. The number of rotatable bonds is 2. The Bertz CT molecular complexity index is 484. The van der Waals surface area contributed by atoms with E-state index in [2.05, 4.69) is 9.68 Å². The van der Waals surface area contributed by atoms with Gasteiger partial charge in [0.15, 0.2) is 5.69 Å². The standard InChI is InChI=1S/C12H14N2O4/c15-11(9-4-10(12(16)17)18-13-9)14-5-7-2-1-3-8(7)6-14/h4,7-8H,1-3,5-6H2,(H,16,17). The molecule has 2 unspecified atom stereocenters. The number of fused-ring (bicyclic) bond motifs is 1. The number of carboxylic acids is 1. The second-order valence-corrected chi connectivity index (χ2v) is 5.04. The van der Waals surface area contributed by atoms with Crippen LogP contribution in [0.2, 0.25) is 0 Å². The Morgan fingerprint density at radius 1 is 1.33 bits per heavy atom. The largest absolute Gasteiger partial charge is 0.475 e. The van der Waals surface area contributed by atoms with E-state index < -0.39 is 5.97 Å². The Morgan fingerprint density at radius 3 is 2.56 bits per heavy atom. The first kappa shape index (κ1) is 11.3. The molecule has 2 heterocycles. The average Bonchev–Trinajstić information content (AvgIpc) is 3.02. The normalized spacial score (nSPS) is 26.3. The summed E-state index contributed by atoms with van der Waals surface area (Å²) in [5, 5.41) is 12.2. The average molecular weight is 250 g/mol. The van der Waals surface area contributed by atoms with Crippen LogP contribution in [0, 0.1) is 11.8 Å². The van der Waals surface area contributed by atoms with Crippen molar-refractivity contribution >= 4 is 11.9 Å². The second-order valence-electron chi connectivity index (χ2n) is 5.04. The van der Waals surface area contributed by atoms with Crippen molar-refractivity contribution in [1.29, 1.82) is 0 Å². The van der Waals surface area contributed by atoms with Crippen LogP contribution < -0.4 is 0 Å². The minimum Gasteiger partial charge on any atom is -0.475 e. The van der Waals surface area contributed by atoms with Gasteiger partial charge >= 0.3 is 5.97 Å². The molecule has 1 aromatic heterocycles. The number of aromatic carboxylic acids is 1. The van der Waals surface area contributed by atoms with Gasteiger partial charge in [0.1, 0.15) is 0 Å². The van der Waals surface area contributed by atoms with Gasteiger partial charge in [0.2, 0.25) is 5.76 Å². The summed E-state index contributed by atoms with van der Waals surface area (Å²) in [6, 6.07) is 1.19. The monoisotopic (exact) mass is 250 g/mol. The molecule has 6 heteroatoms. The van der Waals surface area contributed by atoms with Gasteiger partial charge in [-0.2, -0.15) is 0 Å². The molecule has 0 aromatic carbocycles. The predicted octanol–water partition coefficient (Wildman–Crippen LogP) is 1.24. The highest BCUT2D eigenvalue weighted by atomic mass is 16.5. The molecule has 3 rings (SSSR count). The fourth-order valence-corrected chi connectivity index (χ4v) is 3.04. The van der Waals surface area contributed by atoms with Gasteiger partial charge in [0.25, 0.3) is 5.91 Å². The van der Waals surface area contributed by atoms with Gasteiger partial charge in [-0.15, -0.1) is 0 Å². The first-order chi connectivity index (χ1) is 8.65. The molecule has 0 bridgehead atoms. The molecule has 1 aromatic rings. The van der Waals surface area contributed by atoms with Gasteiger partial charge in [0.05, 0.1) is 0 Å². The minimum absolute atomic E-state index is 0.0902. The van der Waals surface area contributed by atoms with E-state index in [0.29, 0.717) is 11.8 Å². The molecule has 2 atom stereocenters. The molecule has 1 amide bonds. The lowest BCUT2D eigenvalue weighted by Gasteiger charge is -2.15. The molecule has 96 valence electrons. The number of nitrogens with zero attached hydrogens (tertiary/aromatic N) is 2. The van der Waals surface area contributed by atoms with Crippen LogP contribution in [0.4, 0.5) is 0 Å². The van der Waals surface area contributed by atoms with E-state index in [1.165, 1.54) is 25.3 Å². The molecule has 2 fully saturated rings. The maximum atomic E-state index is 12.1. The molecule has 1 saturated heterocycles. The van der Waals surface area contributed by atoms with Gasteiger partial charge in [0, 0.05) is 19.2 Å². The first-order valence-electron chi connectivity index (χ1n) is 6.14. The fourth-order valence-electron chi connectivity index (χ4n) is 3.04. The number of carbonyl (C=O) groups excluding carboxylic acids is 1. The van der Waals surface area contributed by atoms with Gasteiger partial charge in [-0.1, -0.05) is 11.6 Å². The Kier molecular flexibility index (Phi) is 2.57. The molecule has 6 nitrogen and oxygen atoms in total. The maximum Gasteiger partial charge on any atom is 0.374 e. The molecular weight excluding hydrogens is 236 g/mol. The summed E-state index contributed by atoms with van der Waals surface area (Å²) in [4.78, 5) is 24.5. The summed E-state index contributed by atoms with van der Waals surface area (Å²) < 4.78 is 4.60. The zero-order valence-corrected chi connectivity index (χ0v) is 9.83. The number of carboxylic acid groups (broad SMARTS) is 1. The zero-order valence-electron chi connectivity index (χ0n) is 9.83. The highest BCUT2D eigenvalue weighted by Crippen LogP contribution is 2.38. The van der Waals surface area contributed by atoms with Crippen LogP contribution in [0.15, 0.2) is 10.6 Å². The van der Waals surface area contributed by atoms with Gasteiger partial charge in [-0.25, -0.2) is 4.79 Å². The number of hydrogen-bond acceptors (Lipinski definition) is 4. The highest BCUT2D eigenvalue weighted by molar-refractivity contribution is 5.95. The highest BCUT2D eigenvalue weighted by Gasteiger charge is 2.38. The van der Waals surface area contributed by atoms with Crippen LogP contribution in [0.25, 0.3) is 0 Å². The van der Waals surface area contributed by atoms with Crippen molar-refractivity contribution in [2.75, 3.05) is 13.1 Å². The van der Waals surface area contributed by atoms with Crippen LogP contribution in [0.1, 0.15) is 40.3 Å². The van der Waals surface area contributed by atoms with Crippen LogP contribution in [-0.2, 0) is 0 Å². The summed E-state index contributed by atoms with van der Waals surface area (Å²) in [7, 11) is 0. The lowest BCUT2D eigenvalue weighted by atomic mass is 10.0. The summed E-state index contributed by atoms with van der Waals surface area (Å²) >= 11 is 0. The van der Waals surface area contributed by atoms with Gasteiger partial charge < -0.3 is 14.5 Å². The van der Waals surface area contributed by atoms with E-state index in [0.717, 1.165) is 13.1 Å². The van der Waals surface area contributed by atoms with E-state index in [4.69, 9.17) is 5.11 Å². The molecule has 0 radical (unpaired) electrons. The summed E-state index contributed by atoms with van der Waals surface area (Å²) in [5.41, 5.74) is 0.0902. The van der Waals surface area contributed by atoms with E-state index >= 15 is 0 Å². The molecule has 1 aliphatic heterocycles. The Labute approximate surface area is 104 Å². The number of likely N-dealkylation sites (tertiary alicyclic amines) is 1. The van der Waals surface area contributed by atoms with Crippen LogP contribution in [0.3, 0.4) is 0 Å². The quantitative estimate of drug-likeness (QED) is 0.853. The molecule has 1 aliphatic carbocycles. The van der Waals surface area contributed by atoms with Crippen molar-refractivity contribution < 1.29 is 19.2 Å².